The number of ether oxygens (including phenoxy) is 2. The van der Waals surface area contributed by atoms with Crippen LogP contribution in [0.3, 0.4) is 0 Å². The average molecular weight is 299 g/mol. The number of para-hydroxylation sites is 2. The number of carbonyl (C=O) groups excluding carboxylic acids is 1. The highest BCUT2D eigenvalue weighted by Crippen LogP contribution is 2.31. The lowest BCUT2D eigenvalue weighted by atomic mass is 10.2. The highest BCUT2D eigenvalue weighted by Gasteiger charge is 2.34. The van der Waals surface area contributed by atoms with Gasteiger partial charge >= 0.3 is 0 Å². The van der Waals surface area contributed by atoms with Crippen molar-refractivity contribution in [3.05, 3.63) is 24.3 Å². The van der Waals surface area contributed by atoms with Crippen LogP contribution in [0.5, 0.6) is 11.5 Å². The molecular weight excluding hydrogens is 280 g/mol. The standard InChI is InChI=1S/C14H18N2O3.ClH/c1-15-10-6-7-16(8-10)14(17)13-9-18-11-4-2-3-5-12(11)19-13;/h2-5,10,13,15H,6-9H2,1H3;1H. The predicted molar refractivity (Wildman–Crippen MR) is 77.6 cm³/mol. The van der Waals surface area contributed by atoms with Crippen molar-refractivity contribution in [1.82, 2.24) is 10.2 Å². The van der Waals surface area contributed by atoms with Gasteiger partial charge in [0.2, 0.25) is 6.10 Å². The Morgan fingerprint density at radius 3 is 2.80 bits per heavy atom. The molecule has 5 nitrogen and oxygen atoms in total. The fourth-order valence-corrected chi connectivity index (χ4v) is 2.54. The Bertz CT molecular complexity index is 483. The van der Waals surface area contributed by atoms with E-state index >= 15 is 0 Å². The van der Waals surface area contributed by atoms with Crippen molar-refractivity contribution in [3.8, 4) is 11.5 Å². The minimum atomic E-state index is -0.523. The quantitative estimate of drug-likeness (QED) is 0.887. The minimum absolute atomic E-state index is 0. The van der Waals surface area contributed by atoms with Crippen LogP contribution in [0.4, 0.5) is 0 Å². The van der Waals surface area contributed by atoms with Crippen LogP contribution in [0, 0.1) is 0 Å². The molecule has 1 aromatic rings. The summed E-state index contributed by atoms with van der Waals surface area (Å²) in [4.78, 5) is 14.2. The molecule has 1 saturated heterocycles. The van der Waals surface area contributed by atoms with Crippen LogP contribution in [0.25, 0.3) is 0 Å². The Morgan fingerprint density at radius 2 is 2.10 bits per heavy atom. The second-order valence-electron chi connectivity index (χ2n) is 4.92. The van der Waals surface area contributed by atoms with Gasteiger partial charge in [-0.15, -0.1) is 12.4 Å². The summed E-state index contributed by atoms with van der Waals surface area (Å²) in [5.74, 6) is 1.38. The molecule has 1 N–H and O–H groups in total. The van der Waals surface area contributed by atoms with Gasteiger partial charge in [0.15, 0.2) is 11.5 Å². The Kier molecular flexibility index (Phi) is 4.73. The number of amides is 1. The molecule has 1 fully saturated rings. The first-order valence-corrected chi connectivity index (χ1v) is 6.62. The lowest BCUT2D eigenvalue weighted by molar-refractivity contribution is -0.140. The number of halogens is 1. The lowest BCUT2D eigenvalue weighted by Gasteiger charge is -2.28. The number of benzene rings is 1. The Balaban J connectivity index is 0.00000147. The van der Waals surface area contributed by atoms with Crippen LogP contribution in [0.15, 0.2) is 24.3 Å². The maximum absolute atomic E-state index is 12.4. The zero-order valence-corrected chi connectivity index (χ0v) is 12.2. The third-order valence-corrected chi connectivity index (χ3v) is 3.69. The van der Waals surface area contributed by atoms with Gasteiger partial charge in [0.25, 0.3) is 5.91 Å². The molecule has 0 saturated carbocycles. The molecule has 110 valence electrons. The molecule has 2 aliphatic rings. The normalized spacial score (nSPS) is 24.1. The maximum Gasteiger partial charge on any atom is 0.267 e. The highest BCUT2D eigenvalue weighted by atomic mass is 35.5. The van der Waals surface area contributed by atoms with E-state index in [1.54, 1.807) is 0 Å². The maximum atomic E-state index is 12.4. The fraction of sp³-hybridized carbons (Fsp3) is 0.500. The van der Waals surface area contributed by atoms with E-state index in [4.69, 9.17) is 9.47 Å². The van der Waals surface area contributed by atoms with Crippen molar-refractivity contribution in [2.24, 2.45) is 0 Å². The second-order valence-corrected chi connectivity index (χ2v) is 4.92. The summed E-state index contributed by atoms with van der Waals surface area (Å²) < 4.78 is 11.3. The molecule has 3 rings (SSSR count). The summed E-state index contributed by atoms with van der Waals surface area (Å²) in [7, 11) is 1.93. The molecule has 0 spiro atoms. The number of rotatable bonds is 2. The lowest BCUT2D eigenvalue weighted by Crippen LogP contribution is -2.46. The minimum Gasteiger partial charge on any atom is -0.485 e. The molecule has 0 aromatic heterocycles. The molecule has 6 heteroatoms. The van der Waals surface area contributed by atoms with Gasteiger partial charge < -0.3 is 19.7 Å². The Hall–Kier alpha value is -1.46. The van der Waals surface area contributed by atoms with Crippen molar-refractivity contribution in [1.29, 1.82) is 0 Å². The number of nitrogens with zero attached hydrogens (tertiary/aromatic N) is 1. The van der Waals surface area contributed by atoms with Crippen LogP contribution in [0.1, 0.15) is 6.42 Å². The van der Waals surface area contributed by atoms with Gasteiger partial charge in [-0.2, -0.15) is 0 Å². The first-order valence-electron chi connectivity index (χ1n) is 6.62. The molecule has 1 aromatic carbocycles. The summed E-state index contributed by atoms with van der Waals surface area (Å²) in [6.45, 7) is 1.82. The predicted octanol–water partition coefficient (Wildman–Crippen LogP) is 1.07. The number of carbonyl (C=O) groups is 1. The molecule has 20 heavy (non-hydrogen) atoms. The first-order chi connectivity index (χ1) is 9.28. The van der Waals surface area contributed by atoms with Crippen molar-refractivity contribution >= 4 is 18.3 Å². The second kappa shape index (κ2) is 6.33. The molecule has 0 aliphatic carbocycles. The van der Waals surface area contributed by atoms with Crippen molar-refractivity contribution in [2.75, 3.05) is 26.7 Å². The van der Waals surface area contributed by atoms with Gasteiger partial charge in [0, 0.05) is 19.1 Å². The third kappa shape index (κ3) is 2.83. The molecular formula is C14H19ClN2O3. The van der Waals surface area contributed by atoms with Gasteiger partial charge in [-0.05, 0) is 25.6 Å². The number of hydrogen-bond acceptors (Lipinski definition) is 4. The van der Waals surface area contributed by atoms with E-state index in [1.807, 2.05) is 36.2 Å². The van der Waals surface area contributed by atoms with Gasteiger partial charge in [-0.3, -0.25) is 4.79 Å². The van der Waals surface area contributed by atoms with Crippen LogP contribution >= 0.6 is 12.4 Å². The van der Waals surface area contributed by atoms with Crippen LogP contribution in [-0.2, 0) is 4.79 Å². The summed E-state index contributed by atoms with van der Waals surface area (Å²) >= 11 is 0. The largest absolute Gasteiger partial charge is 0.485 e. The van der Waals surface area contributed by atoms with E-state index in [0.29, 0.717) is 17.5 Å². The van der Waals surface area contributed by atoms with E-state index in [0.717, 1.165) is 19.5 Å². The summed E-state index contributed by atoms with van der Waals surface area (Å²) in [5.41, 5.74) is 0. The Labute approximate surface area is 124 Å². The number of hydrogen-bond donors (Lipinski definition) is 1. The average Bonchev–Trinajstić information content (AvgIpc) is 2.95. The summed E-state index contributed by atoms with van der Waals surface area (Å²) in [5, 5.41) is 3.20. The first kappa shape index (κ1) is 14.9. The SMILES string of the molecule is CNC1CCN(C(=O)C2COc3ccccc3O2)C1.Cl. The molecule has 2 heterocycles. The molecule has 2 aliphatic heterocycles. The Morgan fingerprint density at radius 1 is 1.35 bits per heavy atom. The zero-order valence-electron chi connectivity index (χ0n) is 11.4. The van der Waals surface area contributed by atoms with E-state index < -0.39 is 6.10 Å². The smallest absolute Gasteiger partial charge is 0.267 e. The van der Waals surface area contributed by atoms with E-state index in [1.165, 1.54) is 0 Å². The summed E-state index contributed by atoms with van der Waals surface area (Å²) in [6, 6.07) is 7.84. The van der Waals surface area contributed by atoms with Gasteiger partial charge in [0.05, 0.1) is 0 Å². The van der Waals surface area contributed by atoms with Crippen LogP contribution < -0.4 is 14.8 Å². The van der Waals surface area contributed by atoms with Gasteiger partial charge in [0.1, 0.15) is 6.61 Å². The van der Waals surface area contributed by atoms with E-state index in [9.17, 15) is 4.79 Å². The van der Waals surface area contributed by atoms with E-state index in [-0.39, 0.29) is 24.9 Å². The van der Waals surface area contributed by atoms with Crippen molar-refractivity contribution in [2.45, 2.75) is 18.6 Å². The summed E-state index contributed by atoms with van der Waals surface area (Å²) in [6.07, 6.45) is 0.470. The molecule has 0 radical (unpaired) electrons. The zero-order chi connectivity index (χ0) is 13.2. The third-order valence-electron chi connectivity index (χ3n) is 3.69. The van der Waals surface area contributed by atoms with Crippen molar-refractivity contribution < 1.29 is 14.3 Å². The van der Waals surface area contributed by atoms with Crippen molar-refractivity contribution in [3.63, 3.8) is 0 Å². The van der Waals surface area contributed by atoms with Crippen LogP contribution in [0.2, 0.25) is 0 Å². The fourth-order valence-electron chi connectivity index (χ4n) is 2.54. The van der Waals surface area contributed by atoms with Gasteiger partial charge in [-0.25, -0.2) is 0 Å². The number of fused-ring (bicyclic) bond motifs is 1. The molecule has 0 bridgehead atoms. The number of nitrogens with one attached hydrogen (secondary N) is 1. The van der Waals surface area contributed by atoms with E-state index in [2.05, 4.69) is 5.32 Å². The number of likely N-dealkylation sites (N-methyl/N-ethyl adjacent to an activating group) is 1. The highest BCUT2D eigenvalue weighted by molar-refractivity contribution is 5.85. The molecule has 2 atom stereocenters. The topological polar surface area (TPSA) is 50.8 Å². The monoisotopic (exact) mass is 298 g/mol. The molecule has 2 unspecified atom stereocenters. The van der Waals surface area contributed by atoms with Crippen LogP contribution in [-0.4, -0.2) is 49.7 Å². The molecule has 1 amide bonds. The van der Waals surface area contributed by atoms with Gasteiger partial charge in [-0.1, -0.05) is 12.1 Å². The number of likely N-dealkylation sites (tertiary alicyclic amines) is 1.